The van der Waals surface area contributed by atoms with Gasteiger partial charge in [-0.25, -0.2) is 0 Å². The van der Waals surface area contributed by atoms with Gasteiger partial charge in [-0.3, -0.25) is 9.59 Å². The Morgan fingerprint density at radius 3 is 2.31 bits per heavy atom. The Bertz CT molecular complexity index is 603. The molecule has 142 valence electrons. The first-order valence-corrected chi connectivity index (χ1v) is 9.53. The molecule has 6 nitrogen and oxygen atoms in total. The molecule has 26 heavy (non-hydrogen) atoms. The highest BCUT2D eigenvalue weighted by Crippen LogP contribution is 2.21. The lowest BCUT2D eigenvalue weighted by molar-refractivity contribution is -0.144. The monoisotopic (exact) mass is 360 g/mol. The molecule has 2 saturated heterocycles. The van der Waals surface area contributed by atoms with Gasteiger partial charge in [0.15, 0.2) is 6.61 Å². The third-order valence-corrected chi connectivity index (χ3v) is 5.21. The standard InChI is InChI=1S/C20H28N2O4/c1-2-16-3-5-18(6-4-16)26-15-19(23)21-9-7-17(8-10-21)20(24)22-11-13-25-14-12-22/h3-6,17H,2,7-15H2,1H3. The van der Waals surface area contributed by atoms with E-state index >= 15 is 0 Å². The number of ether oxygens (including phenoxy) is 2. The summed E-state index contributed by atoms with van der Waals surface area (Å²) in [7, 11) is 0. The SMILES string of the molecule is CCc1ccc(OCC(=O)N2CCC(C(=O)N3CCOCC3)CC2)cc1. The van der Waals surface area contributed by atoms with Crippen LogP contribution >= 0.6 is 0 Å². The Hall–Kier alpha value is -2.08. The molecule has 2 amide bonds. The molecule has 0 spiro atoms. The highest BCUT2D eigenvalue weighted by Gasteiger charge is 2.30. The van der Waals surface area contributed by atoms with Crippen LogP contribution in [-0.2, 0) is 20.7 Å². The van der Waals surface area contributed by atoms with Crippen LogP contribution < -0.4 is 4.74 Å². The predicted molar refractivity (Wildman–Crippen MR) is 98.0 cm³/mol. The normalized spacial score (nSPS) is 18.7. The topological polar surface area (TPSA) is 59.1 Å². The van der Waals surface area contributed by atoms with Gasteiger partial charge in [-0.15, -0.1) is 0 Å². The summed E-state index contributed by atoms with van der Waals surface area (Å²) in [6.07, 6.45) is 2.44. The number of piperidine rings is 1. The molecule has 0 N–H and O–H groups in total. The first-order valence-electron chi connectivity index (χ1n) is 9.53. The third-order valence-electron chi connectivity index (χ3n) is 5.21. The Kier molecular flexibility index (Phi) is 6.50. The van der Waals surface area contributed by atoms with Crippen molar-refractivity contribution in [2.24, 2.45) is 5.92 Å². The first-order chi connectivity index (χ1) is 12.7. The maximum absolute atomic E-state index is 12.5. The van der Waals surface area contributed by atoms with Gasteiger partial charge in [0, 0.05) is 32.1 Å². The first kappa shape index (κ1) is 18.7. The molecule has 2 heterocycles. The van der Waals surface area contributed by atoms with Crippen molar-refractivity contribution < 1.29 is 19.1 Å². The van der Waals surface area contributed by atoms with Gasteiger partial charge in [0.1, 0.15) is 5.75 Å². The van der Waals surface area contributed by atoms with Crippen molar-refractivity contribution >= 4 is 11.8 Å². The van der Waals surface area contributed by atoms with Crippen molar-refractivity contribution in [3.8, 4) is 5.75 Å². The van der Waals surface area contributed by atoms with Crippen LogP contribution in [0.3, 0.4) is 0 Å². The Morgan fingerprint density at radius 2 is 1.69 bits per heavy atom. The third kappa shape index (κ3) is 4.75. The van der Waals surface area contributed by atoms with E-state index in [2.05, 4.69) is 6.92 Å². The van der Waals surface area contributed by atoms with E-state index in [1.54, 1.807) is 0 Å². The average Bonchev–Trinajstić information content (AvgIpc) is 2.72. The number of hydrogen-bond donors (Lipinski definition) is 0. The lowest BCUT2D eigenvalue weighted by Crippen LogP contribution is -2.48. The highest BCUT2D eigenvalue weighted by atomic mass is 16.5. The van der Waals surface area contributed by atoms with E-state index < -0.39 is 0 Å². The van der Waals surface area contributed by atoms with Crippen LogP contribution in [-0.4, -0.2) is 67.6 Å². The van der Waals surface area contributed by atoms with Crippen LogP contribution in [0.2, 0.25) is 0 Å². The Morgan fingerprint density at radius 1 is 1.04 bits per heavy atom. The van der Waals surface area contributed by atoms with E-state index in [9.17, 15) is 9.59 Å². The predicted octanol–water partition coefficient (Wildman–Crippen LogP) is 1.73. The van der Waals surface area contributed by atoms with E-state index in [0.717, 1.165) is 19.3 Å². The van der Waals surface area contributed by atoms with Crippen molar-refractivity contribution in [2.75, 3.05) is 46.0 Å². The van der Waals surface area contributed by atoms with Crippen LogP contribution in [0.15, 0.2) is 24.3 Å². The molecule has 2 aliphatic heterocycles. The van der Waals surface area contributed by atoms with Crippen LogP contribution in [0, 0.1) is 5.92 Å². The van der Waals surface area contributed by atoms with E-state index in [-0.39, 0.29) is 24.3 Å². The summed E-state index contributed by atoms with van der Waals surface area (Å²) in [6.45, 7) is 6.01. The van der Waals surface area contributed by atoms with Gasteiger partial charge in [-0.1, -0.05) is 19.1 Å². The summed E-state index contributed by atoms with van der Waals surface area (Å²) < 4.78 is 10.9. The number of benzene rings is 1. The molecule has 0 aliphatic carbocycles. The van der Waals surface area contributed by atoms with Gasteiger partial charge in [-0.05, 0) is 37.0 Å². The number of rotatable bonds is 5. The van der Waals surface area contributed by atoms with Crippen molar-refractivity contribution in [1.82, 2.24) is 9.80 Å². The summed E-state index contributed by atoms with van der Waals surface area (Å²) >= 11 is 0. The minimum Gasteiger partial charge on any atom is -0.484 e. The maximum atomic E-state index is 12.5. The summed E-state index contributed by atoms with van der Waals surface area (Å²) in [5, 5.41) is 0. The molecule has 0 unspecified atom stereocenters. The second kappa shape index (κ2) is 9.03. The average molecular weight is 360 g/mol. The van der Waals surface area contributed by atoms with Gasteiger partial charge in [0.25, 0.3) is 5.91 Å². The van der Waals surface area contributed by atoms with E-state index in [0.29, 0.717) is 45.1 Å². The lowest BCUT2D eigenvalue weighted by Gasteiger charge is -2.35. The van der Waals surface area contributed by atoms with Crippen molar-refractivity contribution in [3.05, 3.63) is 29.8 Å². The van der Waals surface area contributed by atoms with Gasteiger partial charge in [0.05, 0.1) is 13.2 Å². The second-order valence-electron chi connectivity index (χ2n) is 6.88. The van der Waals surface area contributed by atoms with E-state index in [1.807, 2.05) is 34.1 Å². The molecule has 1 aromatic rings. The summed E-state index contributed by atoms with van der Waals surface area (Å²) in [5.41, 5.74) is 1.25. The molecule has 6 heteroatoms. The lowest BCUT2D eigenvalue weighted by atomic mass is 9.95. The maximum Gasteiger partial charge on any atom is 0.260 e. The quantitative estimate of drug-likeness (QED) is 0.802. The van der Waals surface area contributed by atoms with Crippen LogP contribution in [0.4, 0.5) is 0 Å². The molecular weight excluding hydrogens is 332 g/mol. The molecule has 0 bridgehead atoms. The number of amides is 2. The van der Waals surface area contributed by atoms with Crippen molar-refractivity contribution in [3.63, 3.8) is 0 Å². The molecule has 3 rings (SSSR count). The Labute approximate surface area is 155 Å². The molecule has 0 radical (unpaired) electrons. The summed E-state index contributed by atoms with van der Waals surface area (Å²) in [4.78, 5) is 28.6. The fourth-order valence-electron chi connectivity index (χ4n) is 3.48. The molecule has 2 aliphatic rings. The number of carbonyl (C=O) groups excluding carboxylic acids is 2. The number of aryl methyl sites for hydroxylation is 1. The zero-order chi connectivity index (χ0) is 18.4. The Balaban J connectivity index is 1.42. The number of nitrogens with zero attached hydrogens (tertiary/aromatic N) is 2. The van der Waals surface area contributed by atoms with Crippen LogP contribution in [0.5, 0.6) is 5.75 Å². The minimum absolute atomic E-state index is 0.0122. The summed E-state index contributed by atoms with van der Waals surface area (Å²) in [6, 6.07) is 7.84. The molecule has 0 atom stereocenters. The minimum atomic E-state index is -0.0122. The fraction of sp³-hybridized carbons (Fsp3) is 0.600. The molecule has 1 aromatic carbocycles. The van der Waals surface area contributed by atoms with Crippen LogP contribution in [0.1, 0.15) is 25.3 Å². The van der Waals surface area contributed by atoms with E-state index in [4.69, 9.17) is 9.47 Å². The van der Waals surface area contributed by atoms with Gasteiger partial charge in [0.2, 0.25) is 5.91 Å². The van der Waals surface area contributed by atoms with Crippen molar-refractivity contribution in [2.45, 2.75) is 26.2 Å². The van der Waals surface area contributed by atoms with Gasteiger partial charge in [-0.2, -0.15) is 0 Å². The fourth-order valence-corrected chi connectivity index (χ4v) is 3.48. The highest BCUT2D eigenvalue weighted by molar-refractivity contribution is 5.80. The number of hydrogen-bond acceptors (Lipinski definition) is 4. The molecular formula is C20H28N2O4. The van der Waals surface area contributed by atoms with Gasteiger partial charge >= 0.3 is 0 Å². The summed E-state index contributed by atoms with van der Waals surface area (Å²) in [5.74, 6) is 0.946. The van der Waals surface area contributed by atoms with Gasteiger partial charge < -0.3 is 19.3 Å². The zero-order valence-corrected chi connectivity index (χ0v) is 15.5. The molecule has 2 fully saturated rings. The largest absolute Gasteiger partial charge is 0.484 e. The molecule has 0 saturated carbocycles. The number of morpholine rings is 1. The van der Waals surface area contributed by atoms with Crippen molar-refractivity contribution in [1.29, 1.82) is 0 Å². The van der Waals surface area contributed by atoms with E-state index in [1.165, 1.54) is 5.56 Å². The second-order valence-corrected chi connectivity index (χ2v) is 6.88. The smallest absolute Gasteiger partial charge is 0.260 e. The number of carbonyl (C=O) groups is 2. The zero-order valence-electron chi connectivity index (χ0n) is 15.5. The van der Waals surface area contributed by atoms with Crippen LogP contribution in [0.25, 0.3) is 0 Å². The molecule has 0 aromatic heterocycles. The number of likely N-dealkylation sites (tertiary alicyclic amines) is 1.